The number of hydrogen-bond donors (Lipinski definition) is 1. The number of benzene rings is 1. The summed E-state index contributed by atoms with van der Waals surface area (Å²) in [5, 5.41) is 3.70. The molecule has 0 aliphatic carbocycles. The van der Waals surface area contributed by atoms with Crippen molar-refractivity contribution in [3.05, 3.63) is 41.4 Å². The Morgan fingerprint density at radius 1 is 1.57 bits per heavy atom. The largest absolute Gasteiger partial charge is 0.488 e. The molecule has 2 nitrogen and oxygen atoms in total. The molecule has 0 heterocycles. The minimum Gasteiger partial charge on any atom is -0.488 e. The molecule has 0 aliphatic rings. The van der Waals surface area contributed by atoms with Crippen LogP contribution >= 0.6 is 11.6 Å². The standard InChI is InChI=1S/C11H14ClNO/c1-3-7-14-11-9(8-13-2)5-4-6-10(11)12/h3-6,13H,1,7-8H2,2H3. The van der Waals surface area contributed by atoms with Crippen LogP contribution in [0.3, 0.4) is 0 Å². The van der Waals surface area contributed by atoms with Gasteiger partial charge in [-0.2, -0.15) is 0 Å². The molecule has 0 spiro atoms. The Balaban J connectivity index is 2.89. The minimum absolute atomic E-state index is 0.473. The van der Waals surface area contributed by atoms with Crippen LogP contribution in [0, 0.1) is 0 Å². The van der Waals surface area contributed by atoms with Crippen LogP contribution in [-0.2, 0) is 6.54 Å². The van der Waals surface area contributed by atoms with Crippen LogP contribution in [0.25, 0.3) is 0 Å². The maximum absolute atomic E-state index is 6.01. The van der Waals surface area contributed by atoms with Crippen molar-refractivity contribution in [2.45, 2.75) is 6.54 Å². The van der Waals surface area contributed by atoms with Crippen molar-refractivity contribution in [2.24, 2.45) is 0 Å². The first kappa shape index (κ1) is 11.1. The van der Waals surface area contributed by atoms with Crippen molar-refractivity contribution in [3.63, 3.8) is 0 Å². The van der Waals surface area contributed by atoms with Crippen molar-refractivity contribution in [1.29, 1.82) is 0 Å². The van der Waals surface area contributed by atoms with Gasteiger partial charge in [-0.3, -0.25) is 0 Å². The molecule has 1 aromatic carbocycles. The van der Waals surface area contributed by atoms with Crippen molar-refractivity contribution in [1.82, 2.24) is 5.32 Å². The molecule has 1 rings (SSSR count). The lowest BCUT2D eigenvalue weighted by Gasteiger charge is -2.11. The molecule has 1 aromatic rings. The fourth-order valence-corrected chi connectivity index (χ4v) is 1.44. The maximum Gasteiger partial charge on any atom is 0.142 e. The van der Waals surface area contributed by atoms with Gasteiger partial charge in [-0.1, -0.05) is 36.4 Å². The van der Waals surface area contributed by atoms with E-state index in [0.29, 0.717) is 11.6 Å². The number of halogens is 1. The van der Waals surface area contributed by atoms with Crippen LogP contribution in [-0.4, -0.2) is 13.7 Å². The first-order valence-electron chi connectivity index (χ1n) is 4.45. The van der Waals surface area contributed by atoms with Crippen molar-refractivity contribution in [2.75, 3.05) is 13.7 Å². The smallest absolute Gasteiger partial charge is 0.142 e. The van der Waals surface area contributed by atoms with Gasteiger partial charge in [0.25, 0.3) is 0 Å². The third-order valence-electron chi connectivity index (χ3n) is 1.76. The lowest BCUT2D eigenvalue weighted by atomic mass is 10.2. The van der Waals surface area contributed by atoms with Crippen LogP contribution in [0.5, 0.6) is 5.75 Å². The van der Waals surface area contributed by atoms with Crippen molar-refractivity contribution in [3.8, 4) is 5.75 Å². The Morgan fingerprint density at radius 2 is 2.36 bits per heavy atom. The summed E-state index contributed by atoms with van der Waals surface area (Å²) in [6.45, 7) is 4.81. The van der Waals surface area contributed by atoms with E-state index in [1.54, 1.807) is 6.08 Å². The van der Waals surface area contributed by atoms with Crippen LogP contribution in [0.1, 0.15) is 5.56 Å². The quantitative estimate of drug-likeness (QED) is 0.757. The summed E-state index contributed by atoms with van der Waals surface area (Å²) < 4.78 is 5.48. The third-order valence-corrected chi connectivity index (χ3v) is 2.06. The lowest BCUT2D eigenvalue weighted by Crippen LogP contribution is -2.07. The van der Waals surface area contributed by atoms with Crippen LogP contribution in [0.2, 0.25) is 5.02 Å². The number of rotatable bonds is 5. The topological polar surface area (TPSA) is 21.3 Å². The Labute approximate surface area is 89.5 Å². The molecule has 76 valence electrons. The maximum atomic E-state index is 6.01. The number of ether oxygens (including phenoxy) is 1. The zero-order valence-corrected chi connectivity index (χ0v) is 8.97. The fourth-order valence-electron chi connectivity index (χ4n) is 1.19. The highest BCUT2D eigenvalue weighted by atomic mass is 35.5. The van der Waals surface area contributed by atoms with Crippen molar-refractivity contribution >= 4 is 11.6 Å². The normalized spacial score (nSPS) is 9.86. The Kier molecular flexibility index (Phi) is 4.50. The van der Waals surface area contributed by atoms with E-state index in [0.717, 1.165) is 17.9 Å². The summed E-state index contributed by atoms with van der Waals surface area (Å²) in [6, 6.07) is 5.72. The van der Waals surface area contributed by atoms with E-state index >= 15 is 0 Å². The zero-order valence-electron chi connectivity index (χ0n) is 8.22. The van der Waals surface area contributed by atoms with Gasteiger partial charge >= 0.3 is 0 Å². The summed E-state index contributed by atoms with van der Waals surface area (Å²) in [5.41, 5.74) is 1.06. The van der Waals surface area contributed by atoms with Crippen LogP contribution in [0.15, 0.2) is 30.9 Å². The van der Waals surface area contributed by atoms with Crippen LogP contribution < -0.4 is 10.1 Å². The Morgan fingerprint density at radius 3 is 3.00 bits per heavy atom. The summed E-state index contributed by atoms with van der Waals surface area (Å²) >= 11 is 6.01. The molecule has 0 unspecified atom stereocenters. The van der Waals surface area contributed by atoms with E-state index in [2.05, 4.69) is 11.9 Å². The molecule has 3 heteroatoms. The van der Waals surface area contributed by atoms with Gasteiger partial charge in [0.1, 0.15) is 12.4 Å². The van der Waals surface area contributed by atoms with E-state index in [1.807, 2.05) is 25.2 Å². The van der Waals surface area contributed by atoms with E-state index in [1.165, 1.54) is 0 Å². The minimum atomic E-state index is 0.473. The second kappa shape index (κ2) is 5.68. The molecular weight excluding hydrogens is 198 g/mol. The van der Waals surface area contributed by atoms with Gasteiger partial charge in [0, 0.05) is 12.1 Å². The highest BCUT2D eigenvalue weighted by Gasteiger charge is 2.06. The van der Waals surface area contributed by atoms with E-state index in [4.69, 9.17) is 16.3 Å². The second-order valence-electron chi connectivity index (χ2n) is 2.86. The summed E-state index contributed by atoms with van der Waals surface area (Å²) in [5.74, 6) is 0.739. The van der Waals surface area contributed by atoms with Crippen molar-refractivity contribution < 1.29 is 4.74 Å². The molecule has 0 bridgehead atoms. The van der Waals surface area contributed by atoms with Gasteiger partial charge < -0.3 is 10.1 Å². The van der Waals surface area contributed by atoms with Gasteiger partial charge in [-0.05, 0) is 13.1 Å². The molecule has 0 amide bonds. The monoisotopic (exact) mass is 211 g/mol. The molecule has 0 aromatic heterocycles. The number of hydrogen-bond acceptors (Lipinski definition) is 2. The molecule has 0 fully saturated rings. The van der Waals surface area contributed by atoms with Gasteiger partial charge in [0.05, 0.1) is 5.02 Å². The average Bonchev–Trinajstić information content (AvgIpc) is 2.18. The Hall–Kier alpha value is -0.990. The molecule has 0 atom stereocenters. The SMILES string of the molecule is C=CCOc1c(Cl)cccc1CNC. The van der Waals surface area contributed by atoms with Gasteiger partial charge in [-0.25, -0.2) is 0 Å². The second-order valence-corrected chi connectivity index (χ2v) is 3.27. The predicted molar refractivity (Wildman–Crippen MR) is 59.9 cm³/mol. The summed E-state index contributed by atoms with van der Waals surface area (Å²) in [6.07, 6.45) is 1.70. The molecule has 1 N–H and O–H groups in total. The molecule has 14 heavy (non-hydrogen) atoms. The Bertz CT molecular complexity index is 312. The van der Waals surface area contributed by atoms with E-state index in [9.17, 15) is 0 Å². The molecule has 0 radical (unpaired) electrons. The molecule has 0 saturated carbocycles. The predicted octanol–water partition coefficient (Wildman–Crippen LogP) is 2.62. The third kappa shape index (κ3) is 2.76. The fraction of sp³-hybridized carbons (Fsp3) is 0.273. The molecule has 0 aliphatic heterocycles. The lowest BCUT2D eigenvalue weighted by molar-refractivity contribution is 0.358. The average molecular weight is 212 g/mol. The summed E-state index contributed by atoms with van der Waals surface area (Å²) in [7, 11) is 1.89. The van der Waals surface area contributed by atoms with Gasteiger partial charge in [0.15, 0.2) is 0 Å². The van der Waals surface area contributed by atoms with Gasteiger partial charge in [0.2, 0.25) is 0 Å². The zero-order chi connectivity index (χ0) is 10.4. The summed E-state index contributed by atoms with van der Waals surface area (Å²) in [4.78, 5) is 0. The first-order valence-corrected chi connectivity index (χ1v) is 4.83. The van der Waals surface area contributed by atoms with Gasteiger partial charge in [-0.15, -0.1) is 0 Å². The number of nitrogens with one attached hydrogen (secondary N) is 1. The first-order chi connectivity index (χ1) is 6.79. The highest BCUT2D eigenvalue weighted by molar-refractivity contribution is 6.32. The van der Waals surface area contributed by atoms with E-state index in [-0.39, 0.29) is 0 Å². The molecular formula is C11H14ClNO. The number of para-hydroxylation sites is 1. The highest BCUT2D eigenvalue weighted by Crippen LogP contribution is 2.28. The van der Waals surface area contributed by atoms with Crippen LogP contribution in [0.4, 0.5) is 0 Å². The molecule has 0 saturated heterocycles. The van der Waals surface area contributed by atoms with E-state index < -0.39 is 0 Å².